The van der Waals surface area contributed by atoms with Gasteiger partial charge < -0.3 is 9.47 Å². The quantitative estimate of drug-likeness (QED) is 0.612. The molecule has 0 bridgehead atoms. The monoisotopic (exact) mass is 157 g/mol. The van der Waals surface area contributed by atoms with Crippen molar-refractivity contribution in [3.8, 4) is 11.8 Å². The molecular weight excluding hydrogens is 148 g/mol. The van der Waals surface area contributed by atoms with Crippen LogP contribution < -0.4 is 13.9 Å². The molecule has 60 valence electrons. The molecule has 0 aliphatic rings. The van der Waals surface area contributed by atoms with E-state index in [1.165, 1.54) is 26.6 Å². The van der Waals surface area contributed by atoms with E-state index in [2.05, 4.69) is 4.98 Å². The summed E-state index contributed by atoms with van der Waals surface area (Å²) in [7, 11) is 2.93. The van der Waals surface area contributed by atoms with Crippen LogP contribution in [-0.2, 0) is 0 Å². The van der Waals surface area contributed by atoms with Gasteiger partial charge in [-0.2, -0.15) is 0 Å². The van der Waals surface area contributed by atoms with Crippen molar-refractivity contribution in [2.45, 2.75) is 0 Å². The average molecular weight is 157 g/mol. The van der Waals surface area contributed by atoms with Gasteiger partial charge in [0.2, 0.25) is 0 Å². The first-order valence-corrected chi connectivity index (χ1v) is 3.00. The zero-order valence-electron chi connectivity index (χ0n) is 6.33. The van der Waals surface area contributed by atoms with Crippen molar-refractivity contribution < 1.29 is 13.9 Å². The molecule has 0 atom stereocenters. The summed E-state index contributed by atoms with van der Waals surface area (Å²) in [5.41, 5.74) is 0. The molecule has 0 fully saturated rings. The van der Waals surface area contributed by atoms with Gasteiger partial charge in [-0.3, -0.25) is 4.98 Å². The van der Waals surface area contributed by atoms with Crippen LogP contribution >= 0.6 is 0 Å². The number of aromatic nitrogens is 2. The maximum Gasteiger partial charge on any atom is 0.287 e. The zero-order chi connectivity index (χ0) is 8.27. The van der Waals surface area contributed by atoms with Crippen molar-refractivity contribution in [3.05, 3.63) is 17.3 Å². The molecule has 0 spiro atoms. The molecule has 0 saturated heterocycles. The minimum absolute atomic E-state index is 0.361. The van der Waals surface area contributed by atoms with Crippen LogP contribution in [0.25, 0.3) is 0 Å². The Morgan fingerprint density at radius 3 is 2.09 bits per heavy atom. The number of methoxy groups -OCH3 is 2. The third-order valence-electron chi connectivity index (χ3n) is 1.18. The van der Waals surface area contributed by atoms with Crippen LogP contribution in [0, 0.1) is 4.91 Å². The largest absolute Gasteiger partial charge is 0.478 e. The standard InChI is InChI=1S/C6H9N2O3/c1-10-5-3-8(9)4-6(7-5)11-2/h3-4H,1-2H3,(H,7,9)/q+1. The summed E-state index contributed by atoms with van der Waals surface area (Å²) >= 11 is 0. The number of ether oxygens (including phenoxy) is 2. The maximum absolute atomic E-state index is 10.8. The minimum atomic E-state index is 0.361. The fraction of sp³-hybridized carbons (Fsp3) is 0.333. The number of hydrogen-bond acceptors (Lipinski definition) is 3. The lowest BCUT2D eigenvalue weighted by Crippen LogP contribution is -2.14. The summed E-state index contributed by atoms with van der Waals surface area (Å²) < 4.78 is 10.2. The molecule has 1 heterocycles. The predicted molar refractivity (Wildman–Crippen MR) is 37.3 cm³/mol. The summed E-state index contributed by atoms with van der Waals surface area (Å²) in [5.74, 6) is 0.721. The van der Waals surface area contributed by atoms with Gasteiger partial charge in [-0.05, 0) is 0 Å². The highest BCUT2D eigenvalue weighted by Crippen LogP contribution is 2.06. The fourth-order valence-corrected chi connectivity index (χ4v) is 0.662. The molecule has 0 saturated carbocycles. The zero-order valence-corrected chi connectivity index (χ0v) is 6.33. The average Bonchev–Trinajstić information content (AvgIpc) is 2.03. The fourth-order valence-electron chi connectivity index (χ4n) is 0.662. The molecule has 1 aromatic heterocycles. The molecule has 0 amide bonds. The lowest BCUT2D eigenvalue weighted by Gasteiger charge is -1.97. The van der Waals surface area contributed by atoms with Gasteiger partial charge in [0.1, 0.15) is 0 Å². The lowest BCUT2D eigenvalue weighted by atomic mass is 10.7. The smallest absolute Gasteiger partial charge is 0.287 e. The van der Waals surface area contributed by atoms with Gasteiger partial charge in [0.15, 0.2) is 0 Å². The van der Waals surface area contributed by atoms with Crippen LogP contribution in [0.1, 0.15) is 0 Å². The Kier molecular flexibility index (Phi) is 2.10. The van der Waals surface area contributed by atoms with Crippen LogP contribution in [0.3, 0.4) is 0 Å². The van der Waals surface area contributed by atoms with E-state index >= 15 is 0 Å². The second-order valence-electron chi connectivity index (χ2n) is 1.88. The Bertz CT molecular complexity index is 269. The van der Waals surface area contributed by atoms with Crippen LogP contribution in [0.4, 0.5) is 0 Å². The molecule has 1 N–H and O–H groups in total. The van der Waals surface area contributed by atoms with Crippen molar-refractivity contribution in [1.29, 1.82) is 0 Å². The topological polar surface area (TPSA) is 57.2 Å². The molecule has 0 aliphatic carbocycles. The van der Waals surface area contributed by atoms with Gasteiger partial charge in [-0.1, -0.05) is 0 Å². The van der Waals surface area contributed by atoms with Gasteiger partial charge in [-0.15, -0.1) is 0 Å². The number of hydrogen-bond donors (Lipinski definition) is 1. The van der Waals surface area contributed by atoms with Crippen molar-refractivity contribution in [1.82, 2.24) is 4.98 Å². The summed E-state index contributed by atoms with van der Waals surface area (Å²) in [6.45, 7) is 0. The molecule has 1 aromatic rings. The van der Waals surface area contributed by atoms with Crippen LogP contribution in [0.15, 0.2) is 12.4 Å². The summed E-state index contributed by atoms with van der Waals surface area (Å²) in [6.07, 6.45) is 2.53. The molecule has 5 heteroatoms. The Morgan fingerprint density at radius 2 is 1.73 bits per heavy atom. The molecule has 0 radical (unpaired) electrons. The van der Waals surface area contributed by atoms with Crippen molar-refractivity contribution >= 4 is 0 Å². The SMILES string of the molecule is COc1c[n+](=O)cc(OC)[nH]1. The summed E-state index contributed by atoms with van der Waals surface area (Å²) in [6, 6.07) is 0. The highest BCUT2D eigenvalue weighted by Gasteiger charge is 2.04. The Balaban J connectivity index is 3.12. The predicted octanol–water partition coefficient (Wildman–Crippen LogP) is -0.0536. The molecule has 0 unspecified atom stereocenters. The number of nitrogens with zero attached hydrogens (tertiary/aromatic N) is 1. The Labute approximate surface area is 63.2 Å². The number of nitrogens with one attached hydrogen (secondary N) is 1. The van der Waals surface area contributed by atoms with E-state index in [0.717, 1.165) is 0 Å². The highest BCUT2D eigenvalue weighted by atomic mass is 16.5. The van der Waals surface area contributed by atoms with Gasteiger partial charge in [0, 0.05) is 4.91 Å². The summed E-state index contributed by atoms with van der Waals surface area (Å²) in [4.78, 5) is 13.5. The van der Waals surface area contributed by atoms with Gasteiger partial charge in [-0.25, -0.2) is 0 Å². The second kappa shape index (κ2) is 3.05. The van der Waals surface area contributed by atoms with Gasteiger partial charge >= 0.3 is 0 Å². The molecule has 1 rings (SSSR count). The van der Waals surface area contributed by atoms with E-state index in [4.69, 9.17) is 9.47 Å². The molecule has 0 aromatic carbocycles. The first-order valence-electron chi connectivity index (χ1n) is 3.00. The number of aromatic amines is 1. The highest BCUT2D eigenvalue weighted by molar-refractivity contribution is 5.07. The van der Waals surface area contributed by atoms with Crippen LogP contribution in [-0.4, -0.2) is 19.2 Å². The van der Waals surface area contributed by atoms with Crippen LogP contribution in [0.5, 0.6) is 11.8 Å². The Hall–Kier alpha value is -1.52. The third kappa shape index (κ3) is 1.70. The molecule has 11 heavy (non-hydrogen) atoms. The van der Waals surface area contributed by atoms with E-state index in [1.807, 2.05) is 0 Å². The molecule has 0 aliphatic heterocycles. The third-order valence-corrected chi connectivity index (χ3v) is 1.18. The van der Waals surface area contributed by atoms with Crippen molar-refractivity contribution in [2.24, 2.45) is 0 Å². The van der Waals surface area contributed by atoms with E-state index in [-0.39, 0.29) is 0 Å². The summed E-state index contributed by atoms with van der Waals surface area (Å²) in [5, 5.41) is 0. The first kappa shape index (κ1) is 7.59. The van der Waals surface area contributed by atoms with E-state index in [1.54, 1.807) is 0 Å². The van der Waals surface area contributed by atoms with E-state index in [0.29, 0.717) is 16.2 Å². The molecular formula is C6H9N2O3+. The van der Waals surface area contributed by atoms with Gasteiger partial charge in [0.05, 0.1) is 18.6 Å². The van der Waals surface area contributed by atoms with E-state index < -0.39 is 0 Å². The minimum Gasteiger partial charge on any atom is -0.478 e. The van der Waals surface area contributed by atoms with Crippen molar-refractivity contribution in [3.63, 3.8) is 0 Å². The molecule has 5 nitrogen and oxygen atoms in total. The van der Waals surface area contributed by atoms with Crippen molar-refractivity contribution in [2.75, 3.05) is 14.2 Å². The first-order chi connectivity index (χ1) is 5.26. The normalized spacial score (nSPS) is 9.27. The Morgan fingerprint density at radius 1 is 1.27 bits per heavy atom. The maximum atomic E-state index is 10.8. The van der Waals surface area contributed by atoms with Gasteiger partial charge in [0.25, 0.3) is 24.2 Å². The second-order valence-corrected chi connectivity index (χ2v) is 1.88. The van der Waals surface area contributed by atoms with Crippen LogP contribution in [0.2, 0.25) is 0 Å². The number of rotatable bonds is 2. The number of H-pyrrole nitrogens is 1. The van der Waals surface area contributed by atoms with E-state index in [9.17, 15) is 4.91 Å². The lowest BCUT2D eigenvalue weighted by molar-refractivity contribution is -0.496.